The topological polar surface area (TPSA) is 67.8 Å². The van der Waals surface area contributed by atoms with Crippen molar-refractivity contribution in [1.29, 1.82) is 0 Å². The molecule has 0 amide bonds. The number of aromatic amines is 1. The van der Waals surface area contributed by atoms with Gasteiger partial charge in [-0.15, -0.1) is 0 Å². The minimum atomic E-state index is -0.435. The maximum atomic E-state index is 13.5. The molecule has 0 atom stereocenters. The number of nitrogens with zero attached hydrogens (tertiary/aromatic N) is 2. The summed E-state index contributed by atoms with van der Waals surface area (Å²) in [7, 11) is 0. The van der Waals surface area contributed by atoms with Gasteiger partial charge in [-0.3, -0.25) is 14.3 Å². The van der Waals surface area contributed by atoms with Crippen LogP contribution < -0.4 is 5.56 Å². The first kappa shape index (κ1) is 24.6. The number of fused-ring (bicyclic) bond motifs is 2. The molecule has 4 aromatic carbocycles. The molecule has 0 aliphatic rings. The number of carbonyl (C=O) groups is 1. The van der Waals surface area contributed by atoms with Crippen molar-refractivity contribution < 1.29 is 4.79 Å². The summed E-state index contributed by atoms with van der Waals surface area (Å²) in [4.78, 5) is 29.4. The molecular weight excluding hydrogens is 506 g/mol. The Morgan fingerprint density at radius 3 is 2.46 bits per heavy atom. The number of ketones is 1. The molecule has 6 heteroatoms. The fourth-order valence-corrected chi connectivity index (χ4v) is 5.14. The summed E-state index contributed by atoms with van der Waals surface area (Å²) in [5.74, 6) is -0.376. The molecule has 0 unspecified atom stereocenters. The lowest BCUT2D eigenvalue weighted by Crippen LogP contribution is -2.18. The summed E-state index contributed by atoms with van der Waals surface area (Å²) in [5.41, 5.74) is 5.76. The van der Waals surface area contributed by atoms with Crippen LogP contribution in [0.3, 0.4) is 0 Å². The van der Waals surface area contributed by atoms with E-state index >= 15 is 0 Å². The highest BCUT2D eigenvalue weighted by Gasteiger charge is 2.19. The largest absolute Gasteiger partial charge is 0.321 e. The van der Waals surface area contributed by atoms with Gasteiger partial charge in [0.2, 0.25) is 0 Å². The zero-order chi connectivity index (χ0) is 26.9. The Kier molecular flexibility index (Phi) is 6.43. The van der Waals surface area contributed by atoms with Crippen LogP contribution in [0.4, 0.5) is 0 Å². The summed E-state index contributed by atoms with van der Waals surface area (Å²) >= 11 is 6.29. The van der Waals surface area contributed by atoms with Crippen LogP contribution in [0, 0.1) is 0 Å². The first-order valence-corrected chi connectivity index (χ1v) is 13.1. The number of benzene rings is 4. The second-order valence-corrected chi connectivity index (χ2v) is 9.75. The van der Waals surface area contributed by atoms with E-state index in [-0.39, 0.29) is 11.3 Å². The summed E-state index contributed by atoms with van der Waals surface area (Å²) in [6.45, 7) is 2.90. The third-order valence-corrected chi connectivity index (χ3v) is 7.13. The lowest BCUT2D eigenvalue weighted by molar-refractivity contribution is 0.104. The van der Waals surface area contributed by atoms with E-state index in [0.29, 0.717) is 16.1 Å². The van der Waals surface area contributed by atoms with E-state index in [2.05, 4.69) is 35.2 Å². The van der Waals surface area contributed by atoms with Gasteiger partial charge in [0, 0.05) is 33.4 Å². The first-order valence-electron chi connectivity index (χ1n) is 12.7. The Morgan fingerprint density at radius 1 is 0.923 bits per heavy atom. The molecule has 6 aromatic rings. The summed E-state index contributed by atoms with van der Waals surface area (Å²) < 4.78 is 1.97. The molecule has 0 saturated heterocycles. The molecule has 0 radical (unpaired) electrons. The van der Waals surface area contributed by atoms with Gasteiger partial charge in [-0.2, -0.15) is 5.10 Å². The minimum Gasteiger partial charge on any atom is -0.321 e. The lowest BCUT2D eigenvalue weighted by Gasteiger charge is -2.11. The maximum absolute atomic E-state index is 13.5. The van der Waals surface area contributed by atoms with Crippen molar-refractivity contribution in [1.82, 2.24) is 14.8 Å². The fourth-order valence-electron chi connectivity index (χ4n) is 4.97. The van der Waals surface area contributed by atoms with Gasteiger partial charge in [0.25, 0.3) is 5.56 Å². The molecule has 0 spiro atoms. The number of aryl methyl sites for hydroxylation is 1. The van der Waals surface area contributed by atoms with Crippen LogP contribution in [0.1, 0.15) is 22.8 Å². The predicted octanol–water partition coefficient (Wildman–Crippen LogP) is 7.78. The number of hydrogen-bond acceptors (Lipinski definition) is 3. The zero-order valence-electron chi connectivity index (χ0n) is 21.2. The minimum absolute atomic E-state index is 0.0877. The highest BCUT2D eigenvalue weighted by Crippen LogP contribution is 2.32. The number of rotatable bonds is 6. The molecule has 6 rings (SSSR count). The van der Waals surface area contributed by atoms with E-state index in [0.717, 1.165) is 45.1 Å². The predicted molar refractivity (Wildman–Crippen MR) is 159 cm³/mol. The van der Waals surface area contributed by atoms with E-state index in [1.54, 1.807) is 24.3 Å². The van der Waals surface area contributed by atoms with Crippen LogP contribution in [0.25, 0.3) is 50.1 Å². The van der Waals surface area contributed by atoms with Crippen LogP contribution in [0.15, 0.2) is 108 Å². The van der Waals surface area contributed by atoms with Crippen LogP contribution in [-0.2, 0) is 6.54 Å². The van der Waals surface area contributed by atoms with E-state index in [1.165, 1.54) is 6.08 Å². The number of pyridine rings is 1. The second-order valence-electron chi connectivity index (χ2n) is 9.31. The van der Waals surface area contributed by atoms with Gasteiger partial charge < -0.3 is 4.98 Å². The average Bonchev–Trinajstić information content (AvgIpc) is 3.38. The van der Waals surface area contributed by atoms with E-state index in [1.807, 2.05) is 65.5 Å². The second kappa shape index (κ2) is 10.2. The fraction of sp³-hybridized carbons (Fsp3) is 0.0606. The van der Waals surface area contributed by atoms with Crippen LogP contribution in [0.5, 0.6) is 0 Å². The number of aromatic nitrogens is 3. The highest BCUT2D eigenvalue weighted by molar-refractivity contribution is 6.31. The smallest absolute Gasteiger partial charge is 0.260 e. The normalized spacial score (nSPS) is 11.5. The number of halogens is 1. The van der Waals surface area contributed by atoms with Gasteiger partial charge in [-0.05, 0) is 65.6 Å². The van der Waals surface area contributed by atoms with Crippen molar-refractivity contribution in [2.45, 2.75) is 13.5 Å². The van der Waals surface area contributed by atoms with E-state index in [9.17, 15) is 9.59 Å². The zero-order valence-corrected chi connectivity index (χ0v) is 21.9. The van der Waals surface area contributed by atoms with Crippen molar-refractivity contribution in [2.75, 3.05) is 0 Å². The highest BCUT2D eigenvalue weighted by atomic mass is 35.5. The standard InChI is InChI=1S/C33H24ClN3O2/c1-2-37-29-16-13-24(18-25(29)20-35-37)22-11-8-21(9-12-22)10-17-30(38)32-31(23-6-4-3-5-7-23)27-19-26(34)14-15-28(27)36-33(32)39/h3-20H,2H2,1H3,(H,36,39)/b17-10+. The van der Waals surface area contributed by atoms with Gasteiger partial charge in [0.05, 0.1) is 17.3 Å². The summed E-state index contributed by atoms with van der Waals surface area (Å²) in [5, 5.41) is 6.77. The number of carbonyl (C=O) groups excluding carboxylic acids is 1. The maximum Gasteiger partial charge on any atom is 0.260 e. The molecule has 0 aliphatic heterocycles. The molecule has 0 fully saturated rings. The Balaban J connectivity index is 1.33. The van der Waals surface area contributed by atoms with Gasteiger partial charge >= 0.3 is 0 Å². The number of H-pyrrole nitrogens is 1. The molecule has 1 N–H and O–H groups in total. The van der Waals surface area contributed by atoms with Gasteiger partial charge in [-0.1, -0.05) is 78.3 Å². The SMILES string of the molecule is CCn1ncc2cc(-c3ccc(/C=C/C(=O)c4c(-c5ccccc5)c5cc(Cl)ccc5[nH]c4=O)cc3)ccc21. The first-order chi connectivity index (χ1) is 19.0. The monoisotopic (exact) mass is 529 g/mol. The molecular formula is C33H24ClN3O2. The van der Waals surface area contributed by atoms with Crippen molar-refractivity contribution >= 4 is 45.3 Å². The molecule has 0 saturated carbocycles. The van der Waals surface area contributed by atoms with Crippen molar-refractivity contribution in [3.8, 4) is 22.3 Å². The van der Waals surface area contributed by atoms with Crippen molar-refractivity contribution in [3.05, 3.63) is 130 Å². The molecule has 2 aromatic heterocycles. The quantitative estimate of drug-likeness (QED) is 0.177. The third-order valence-electron chi connectivity index (χ3n) is 6.90. The number of allylic oxidation sites excluding steroid dienone is 1. The van der Waals surface area contributed by atoms with Crippen LogP contribution in [0.2, 0.25) is 5.02 Å². The van der Waals surface area contributed by atoms with Crippen molar-refractivity contribution in [3.63, 3.8) is 0 Å². The Bertz CT molecular complexity index is 1930. The van der Waals surface area contributed by atoms with E-state index in [4.69, 9.17) is 11.6 Å². The molecule has 5 nitrogen and oxygen atoms in total. The molecule has 2 heterocycles. The number of nitrogens with one attached hydrogen (secondary N) is 1. The Hall–Kier alpha value is -4.74. The van der Waals surface area contributed by atoms with Gasteiger partial charge in [-0.25, -0.2) is 0 Å². The lowest BCUT2D eigenvalue weighted by atomic mass is 9.94. The third kappa shape index (κ3) is 4.69. The van der Waals surface area contributed by atoms with E-state index < -0.39 is 5.56 Å². The van der Waals surface area contributed by atoms with Crippen LogP contribution in [-0.4, -0.2) is 20.5 Å². The van der Waals surface area contributed by atoms with Crippen LogP contribution >= 0.6 is 11.6 Å². The Labute approximate surface area is 230 Å². The average molecular weight is 530 g/mol. The van der Waals surface area contributed by atoms with Gasteiger partial charge in [0.1, 0.15) is 0 Å². The summed E-state index contributed by atoms with van der Waals surface area (Å²) in [6, 6.07) is 29.0. The summed E-state index contributed by atoms with van der Waals surface area (Å²) in [6.07, 6.45) is 5.07. The number of hydrogen-bond donors (Lipinski definition) is 1. The van der Waals surface area contributed by atoms with Gasteiger partial charge in [0.15, 0.2) is 5.78 Å². The van der Waals surface area contributed by atoms with Crippen molar-refractivity contribution in [2.24, 2.45) is 0 Å². The molecule has 0 bridgehead atoms. The molecule has 0 aliphatic carbocycles. The Morgan fingerprint density at radius 2 is 1.69 bits per heavy atom. The molecule has 39 heavy (non-hydrogen) atoms. The molecule has 190 valence electrons.